The largest absolute Gasteiger partial charge is 0.497 e. The van der Waals surface area contributed by atoms with Crippen molar-refractivity contribution < 1.29 is 4.74 Å². The second kappa shape index (κ2) is 7.06. The van der Waals surface area contributed by atoms with Gasteiger partial charge in [0, 0.05) is 11.0 Å². The van der Waals surface area contributed by atoms with Gasteiger partial charge in [0.1, 0.15) is 5.75 Å². The Labute approximate surface area is 133 Å². The number of hydrogen-bond donors (Lipinski definition) is 2. The summed E-state index contributed by atoms with van der Waals surface area (Å²) in [5.41, 5.74) is 6.12. The van der Waals surface area contributed by atoms with E-state index in [1.165, 1.54) is 0 Å². The molecule has 1 aromatic carbocycles. The summed E-state index contributed by atoms with van der Waals surface area (Å²) in [4.78, 5) is 0. The molecule has 0 saturated carbocycles. The van der Waals surface area contributed by atoms with Crippen LogP contribution in [-0.4, -0.2) is 16.9 Å². The molecule has 21 heavy (non-hydrogen) atoms. The minimum absolute atomic E-state index is 0.00504. The number of halogens is 1. The number of aromatic nitrogens is 2. The first kappa shape index (κ1) is 16.0. The summed E-state index contributed by atoms with van der Waals surface area (Å²) in [6.07, 6.45) is 0.749. The average molecular weight is 353 g/mol. The van der Waals surface area contributed by atoms with Crippen molar-refractivity contribution >= 4 is 15.9 Å². The smallest absolute Gasteiger partial charge is 0.119 e. The van der Waals surface area contributed by atoms with Crippen molar-refractivity contribution in [1.82, 2.24) is 15.2 Å². The zero-order chi connectivity index (χ0) is 15.4. The van der Waals surface area contributed by atoms with Crippen LogP contribution in [0.1, 0.15) is 29.9 Å². The monoisotopic (exact) mass is 352 g/mol. The first-order chi connectivity index (χ1) is 10.1. The minimum Gasteiger partial charge on any atom is -0.497 e. The van der Waals surface area contributed by atoms with Gasteiger partial charge in [0.15, 0.2) is 0 Å². The van der Waals surface area contributed by atoms with Gasteiger partial charge in [-0.2, -0.15) is 5.10 Å². The Balaban J connectivity index is 2.30. The average Bonchev–Trinajstić information content (AvgIpc) is 2.87. The van der Waals surface area contributed by atoms with Crippen molar-refractivity contribution in [2.24, 2.45) is 5.84 Å². The molecular formula is C15H21BrN4O. The Morgan fingerprint density at radius 1 is 1.43 bits per heavy atom. The van der Waals surface area contributed by atoms with Crippen molar-refractivity contribution in [3.63, 3.8) is 0 Å². The Bertz CT molecular complexity index is 612. The summed E-state index contributed by atoms with van der Waals surface area (Å²) in [5.74, 6) is 6.61. The summed E-state index contributed by atoms with van der Waals surface area (Å²) in [5, 5.41) is 4.48. The Morgan fingerprint density at radius 2 is 2.19 bits per heavy atom. The zero-order valence-corrected chi connectivity index (χ0v) is 14.1. The fourth-order valence-corrected chi connectivity index (χ4v) is 2.81. The number of nitrogens with two attached hydrogens (primary N) is 1. The van der Waals surface area contributed by atoms with Gasteiger partial charge in [-0.1, -0.05) is 15.9 Å². The van der Waals surface area contributed by atoms with Gasteiger partial charge in [0.25, 0.3) is 0 Å². The summed E-state index contributed by atoms with van der Waals surface area (Å²) in [7, 11) is 1.67. The number of rotatable bonds is 6. The van der Waals surface area contributed by atoms with Crippen LogP contribution >= 0.6 is 15.9 Å². The number of methoxy groups -OCH3 is 1. The molecule has 1 unspecified atom stereocenters. The highest BCUT2D eigenvalue weighted by atomic mass is 79.9. The third kappa shape index (κ3) is 3.64. The lowest BCUT2D eigenvalue weighted by Crippen LogP contribution is -2.31. The maximum Gasteiger partial charge on any atom is 0.119 e. The van der Waals surface area contributed by atoms with Crippen LogP contribution in [0.5, 0.6) is 5.75 Å². The molecule has 6 heteroatoms. The number of hydrazine groups is 1. The van der Waals surface area contributed by atoms with E-state index in [0.717, 1.165) is 40.1 Å². The van der Waals surface area contributed by atoms with Gasteiger partial charge in [-0.05, 0) is 50.1 Å². The predicted octanol–water partition coefficient (Wildman–Crippen LogP) is 2.73. The molecular weight excluding hydrogens is 332 g/mol. The lowest BCUT2D eigenvalue weighted by Gasteiger charge is -2.18. The van der Waals surface area contributed by atoms with Gasteiger partial charge in [-0.15, -0.1) is 0 Å². The first-order valence-corrected chi connectivity index (χ1v) is 7.71. The van der Waals surface area contributed by atoms with Crippen molar-refractivity contribution in [1.29, 1.82) is 0 Å². The molecule has 0 radical (unpaired) electrons. The van der Waals surface area contributed by atoms with E-state index in [9.17, 15) is 0 Å². The molecule has 1 atom stereocenters. The highest BCUT2D eigenvalue weighted by Gasteiger charge is 2.18. The van der Waals surface area contributed by atoms with Crippen LogP contribution in [0, 0.1) is 6.92 Å². The Morgan fingerprint density at radius 3 is 2.81 bits per heavy atom. The number of benzene rings is 1. The molecule has 114 valence electrons. The quantitative estimate of drug-likeness (QED) is 0.619. The molecule has 0 fully saturated rings. The molecule has 2 rings (SSSR count). The van der Waals surface area contributed by atoms with Crippen LogP contribution in [0.15, 0.2) is 28.7 Å². The molecule has 2 aromatic rings. The van der Waals surface area contributed by atoms with E-state index in [4.69, 9.17) is 10.6 Å². The van der Waals surface area contributed by atoms with Crippen LogP contribution in [-0.2, 0) is 13.0 Å². The fourth-order valence-electron chi connectivity index (χ4n) is 2.40. The van der Waals surface area contributed by atoms with Crippen molar-refractivity contribution in [3.8, 4) is 5.75 Å². The highest BCUT2D eigenvalue weighted by Crippen LogP contribution is 2.27. The highest BCUT2D eigenvalue weighted by molar-refractivity contribution is 9.10. The van der Waals surface area contributed by atoms with E-state index in [-0.39, 0.29) is 6.04 Å². The Kier molecular flexibility index (Phi) is 5.39. The van der Waals surface area contributed by atoms with Crippen LogP contribution < -0.4 is 16.0 Å². The second-order valence-corrected chi connectivity index (χ2v) is 5.76. The summed E-state index contributed by atoms with van der Waals surface area (Å²) in [6, 6.07) is 8.01. The zero-order valence-electron chi connectivity index (χ0n) is 12.6. The lowest BCUT2D eigenvalue weighted by molar-refractivity contribution is 0.413. The van der Waals surface area contributed by atoms with E-state index in [2.05, 4.69) is 39.4 Å². The predicted molar refractivity (Wildman–Crippen MR) is 87.1 cm³/mol. The van der Waals surface area contributed by atoms with Crippen LogP contribution in [0.4, 0.5) is 0 Å². The van der Waals surface area contributed by atoms with Gasteiger partial charge in [-0.25, -0.2) is 0 Å². The number of nitrogens with zero attached hydrogens (tertiary/aromatic N) is 2. The topological polar surface area (TPSA) is 65.1 Å². The second-order valence-electron chi connectivity index (χ2n) is 4.91. The molecule has 0 aliphatic rings. The van der Waals surface area contributed by atoms with E-state index < -0.39 is 0 Å². The van der Waals surface area contributed by atoms with Crippen molar-refractivity contribution in [2.45, 2.75) is 32.9 Å². The van der Waals surface area contributed by atoms with E-state index >= 15 is 0 Å². The molecule has 3 N–H and O–H groups in total. The van der Waals surface area contributed by atoms with Crippen molar-refractivity contribution in [3.05, 3.63) is 45.7 Å². The molecule has 0 saturated heterocycles. The normalized spacial score (nSPS) is 12.4. The van der Waals surface area contributed by atoms with Gasteiger partial charge in [0.05, 0.1) is 24.5 Å². The minimum atomic E-state index is -0.00504. The molecule has 0 bridgehead atoms. The standard InChI is InChI=1S/C15H21BrN4O/c1-4-20-15(7-10(2)19-20)14(18-17)9-11-8-12(21-3)5-6-13(11)16/h5-8,14,18H,4,9,17H2,1-3H3. The maximum absolute atomic E-state index is 5.77. The van der Waals surface area contributed by atoms with Crippen LogP contribution in [0.3, 0.4) is 0 Å². The van der Waals surface area contributed by atoms with E-state index in [1.54, 1.807) is 7.11 Å². The van der Waals surface area contributed by atoms with Gasteiger partial charge < -0.3 is 4.74 Å². The van der Waals surface area contributed by atoms with Gasteiger partial charge in [-0.3, -0.25) is 16.0 Å². The third-order valence-electron chi connectivity index (χ3n) is 3.47. The van der Waals surface area contributed by atoms with E-state index in [0.29, 0.717) is 0 Å². The number of aryl methyl sites for hydroxylation is 2. The summed E-state index contributed by atoms with van der Waals surface area (Å²) < 4.78 is 8.31. The van der Waals surface area contributed by atoms with Gasteiger partial charge >= 0.3 is 0 Å². The van der Waals surface area contributed by atoms with E-state index in [1.807, 2.05) is 29.8 Å². The lowest BCUT2D eigenvalue weighted by atomic mass is 10.0. The third-order valence-corrected chi connectivity index (χ3v) is 4.24. The molecule has 1 heterocycles. The SMILES string of the molecule is CCn1nc(C)cc1C(Cc1cc(OC)ccc1Br)NN. The first-order valence-electron chi connectivity index (χ1n) is 6.92. The molecule has 0 amide bonds. The fraction of sp³-hybridized carbons (Fsp3) is 0.400. The molecule has 5 nitrogen and oxygen atoms in total. The molecule has 1 aromatic heterocycles. The maximum atomic E-state index is 5.77. The number of hydrogen-bond acceptors (Lipinski definition) is 4. The van der Waals surface area contributed by atoms with Gasteiger partial charge in [0.2, 0.25) is 0 Å². The molecule has 0 aliphatic carbocycles. The summed E-state index contributed by atoms with van der Waals surface area (Å²) in [6.45, 7) is 4.89. The van der Waals surface area contributed by atoms with Crippen molar-refractivity contribution in [2.75, 3.05) is 7.11 Å². The number of nitrogens with one attached hydrogen (secondary N) is 1. The van der Waals surface area contributed by atoms with Crippen LogP contribution in [0.25, 0.3) is 0 Å². The summed E-state index contributed by atoms with van der Waals surface area (Å²) >= 11 is 3.58. The number of ether oxygens (including phenoxy) is 1. The Hall–Kier alpha value is -1.37. The van der Waals surface area contributed by atoms with Crippen LogP contribution in [0.2, 0.25) is 0 Å². The molecule has 0 spiro atoms. The molecule has 0 aliphatic heterocycles.